The lowest BCUT2D eigenvalue weighted by atomic mass is 10.1. The summed E-state index contributed by atoms with van der Waals surface area (Å²) in [6.07, 6.45) is -1.38. The minimum atomic E-state index is -0.931. The van der Waals surface area contributed by atoms with Gasteiger partial charge in [-0.1, -0.05) is 12.1 Å². The third-order valence-electron chi connectivity index (χ3n) is 4.38. The number of hydrogen-bond acceptors (Lipinski definition) is 7. The first-order chi connectivity index (χ1) is 13.1. The standard InChI is InChI=1S/C19H22N2O7/c1-19(2,3)27-18(25)20-10-11(9-14(20)17(24)26-4)28-21-15(22)12-7-5-6-8-13(12)16(21)23/h5-8,11,14H,9-10H2,1-4H3. The smallest absolute Gasteiger partial charge is 0.411 e. The van der Waals surface area contributed by atoms with E-state index in [1.54, 1.807) is 32.9 Å². The zero-order chi connectivity index (χ0) is 20.6. The molecule has 0 spiro atoms. The van der Waals surface area contributed by atoms with Crippen LogP contribution in [0, 0.1) is 0 Å². The number of likely N-dealkylation sites (tertiary alicyclic amines) is 1. The van der Waals surface area contributed by atoms with Crippen LogP contribution in [0.4, 0.5) is 4.79 Å². The molecule has 2 atom stereocenters. The molecule has 0 N–H and O–H groups in total. The molecule has 0 bridgehead atoms. The molecule has 0 aromatic heterocycles. The molecule has 9 heteroatoms. The second-order valence-corrected chi connectivity index (χ2v) is 7.59. The molecule has 1 aromatic carbocycles. The molecule has 0 saturated carbocycles. The Bertz CT molecular complexity index is 795. The highest BCUT2D eigenvalue weighted by Crippen LogP contribution is 2.28. The van der Waals surface area contributed by atoms with Crippen molar-refractivity contribution in [3.8, 4) is 0 Å². The van der Waals surface area contributed by atoms with Crippen molar-refractivity contribution in [1.29, 1.82) is 0 Å². The highest BCUT2D eigenvalue weighted by Gasteiger charge is 2.46. The van der Waals surface area contributed by atoms with Gasteiger partial charge in [-0.05, 0) is 32.9 Å². The lowest BCUT2D eigenvalue weighted by Gasteiger charge is -2.27. The summed E-state index contributed by atoms with van der Waals surface area (Å²) in [6, 6.07) is 5.46. The topological polar surface area (TPSA) is 102 Å². The van der Waals surface area contributed by atoms with Crippen molar-refractivity contribution >= 4 is 23.9 Å². The summed E-state index contributed by atoms with van der Waals surface area (Å²) in [4.78, 5) is 56.3. The highest BCUT2D eigenvalue weighted by atomic mass is 16.7. The number of nitrogens with zero attached hydrogens (tertiary/aromatic N) is 2. The van der Waals surface area contributed by atoms with Crippen LogP contribution < -0.4 is 0 Å². The number of amides is 3. The van der Waals surface area contributed by atoms with Crippen LogP contribution >= 0.6 is 0 Å². The van der Waals surface area contributed by atoms with Gasteiger partial charge in [-0.15, -0.1) is 5.06 Å². The molecular weight excluding hydrogens is 368 g/mol. The van der Waals surface area contributed by atoms with Crippen molar-refractivity contribution < 1.29 is 33.5 Å². The van der Waals surface area contributed by atoms with Crippen molar-refractivity contribution in [2.75, 3.05) is 13.7 Å². The zero-order valence-electron chi connectivity index (χ0n) is 16.1. The number of ether oxygens (including phenoxy) is 2. The average Bonchev–Trinajstić information content (AvgIpc) is 3.16. The maximum Gasteiger partial charge on any atom is 0.411 e. The molecule has 1 fully saturated rings. The molecule has 1 saturated heterocycles. The number of benzene rings is 1. The van der Waals surface area contributed by atoms with Crippen LogP contribution in [0.2, 0.25) is 0 Å². The van der Waals surface area contributed by atoms with E-state index >= 15 is 0 Å². The molecule has 3 amide bonds. The van der Waals surface area contributed by atoms with Gasteiger partial charge < -0.3 is 9.47 Å². The van der Waals surface area contributed by atoms with E-state index in [0.29, 0.717) is 5.06 Å². The van der Waals surface area contributed by atoms with Gasteiger partial charge in [0.15, 0.2) is 0 Å². The molecule has 28 heavy (non-hydrogen) atoms. The van der Waals surface area contributed by atoms with Gasteiger partial charge in [-0.25, -0.2) is 9.59 Å². The summed E-state index contributed by atoms with van der Waals surface area (Å²) in [7, 11) is 1.22. The summed E-state index contributed by atoms with van der Waals surface area (Å²) < 4.78 is 10.1. The summed E-state index contributed by atoms with van der Waals surface area (Å²) in [5.41, 5.74) is -0.253. The van der Waals surface area contributed by atoms with Crippen LogP contribution in [0.25, 0.3) is 0 Å². The molecule has 150 valence electrons. The Kier molecular flexibility index (Phi) is 5.12. The van der Waals surface area contributed by atoms with Crippen molar-refractivity contribution in [3.63, 3.8) is 0 Å². The Hall–Kier alpha value is -2.94. The summed E-state index contributed by atoms with van der Waals surface area (Å²) in [5, 5.41) is 0.683. The van der Waals surface area contributed by atoms with Crippen LogP contribution in [0.1, 0.15) is 47.9 Å². The van der Waals surface area contributed by atoms with Gasteiger partial charge in [-0.3, -0.25) is 19.3 Å². The third-order valence-corrected chi connectivity index (χ3v) is 4.38. The first-order valence-electron chi connectivity index (χ1n) is 8.84. The number of carbonyl (C=O) groups excluding carboxylic acids is 4. The highest BCUT2D eigenvalue weighted by molar-refractivity contribution is 6.20. The summed E-state index contributed by atoms with van der Waals surface area (Å²) >= 11 is 0. The molecule has 0 radical (unpaired) electrons. The van der Waals surface area contributed by atoms with Crippen LogP contribution in [0.3, 0.4) is 0 Å². The van der Waals surface area contributed by atoms with Crippen LogP contribution in [0.15, 0.2) is 24.3 Å². The van der Waals surface area contributed by atoms with E-state index in [4.69, 9.17) is 14.3 Å². The van der Waals surface area contributed by atoms with Crippen molar-refractivity contribution in [1.82, 2.24) is 9.96 Å². The van der Waals surface area contributed by atoms with Gasteiger partial charge in [-0.2, -0.15) is 0 Å². The van der Waals surface area contributed by atoms with Gasteiger partial charge in [0.2, 0.25) is 0 Å². The third kappa shape index (κ3) is 3.70. The molecule has 2 aliphatic heterocycles. The largest absolute Gasteiger partial charge is 0.467 e. The minimum Gasteiger partial charge on any atom is -0.467 e. The van der Waals surface area contributed by atoms with Gasteiger partial charge >= 0.3 is 12.1 Å². The van der Waals surface area contributed by atoms with Gasteiger partial charge in [0.1, 0.15) is 17.7 Å². The second-order valence-electron chi connectivity index (χ2n) is 7.59. The van der Waals surface area contributed by atoms with Gasteiger partial charge in [0.05, 0.1) is 24.8 Å². The fraction of sp³-hybridized carbons (Fsp3) is 0.474. The average molecular weight is 390 g/mol. The Labute approximate surface area is 162 Å². The quantitative estimate of drug-likeness (QED) is 0.572. The van der Waals surface area contributed by atoms with Crippen molar-refractivity contribution in [2.45, 2.75) is 44.9 Å². The molecule has 9 nitrogen and oxygen atoms in total. The predicted molar refractivity (Wildman–Crippen MR) is 95.2 cm³/mol. The number of hydroxylamine groups is 2. The monoisotopic (exact) mass is 390 g/mol. The van der Waals surface area contributed by atoms with Crippen molar-refractivity contribution in [3.05, 3.63) is 35.4 Å². The zero-order valence-corrected chi connectivity index (χ0v) is 16.1. The molecule has 3 rings (SSSR count). The predicted octanol–water partition coefficient (Wildman–Crippen LogP) is 1.77. The van der Waals surface area contributed by atoms with Gasteiger partial charge in [0.25, 0.3) is 11.8 Å². The first-order valence-corrected chi connectivity index (χ1v) is 8.84. The first kappa shape index (κ1) is 19.8. The summed E-state index contributed by atoms with van der Waals surface area (Å²) in [6.45, 7) is 5.10. The Morgan fingerprint density at radius 1 is 1.07 bits per heavy atom. The molecular formula is C19H22N2O7. The Balaban J connectivity index is 1.75. The minimum absolute atomic E-state index is 0.0257. The maximum absolute atomic E-state index is 12.5. The van der Waals surface area contributed by atoms with E-state index in [0.717, 1.165) is 0 Å². The number of esters is 1. The Morgan fingerprint density at radius 3 is 2.14 bits per heavy atom. The fourth-order valence-electron chi connectivity index (χ4n) is 3.17. The summed E-state index contributed by atoms with van der Waals surface area (Å²) in [5.74, 6) is -1.78. The molecule has 2 unspecified atom stereocenters. The second kappa shape index (κ2) is 7.23. The molecule has 2 aliphatic rings. The number of fused-ring (bicyclic) bond motifs is 1. The SMILES string of the molecule is COC(=O)C1CC(ON2C(=O)c3ccccc3C2=O)CN1C(=O)OC(C)(C)C. The van der Waals surface area contributed by atoms with Gasteiger partial charge in [0, 0.05) is 6.42 Å². The maximum atomic E-state index is 12.5. The van der Waals surface area contributed by atoms with E-state index in [2.05, 4.69) is 0 Å². The number of hydrogen-bond donors (Lipinski definition) is 0. The van der Waals surface area contributed by atoms with E-state index in [-0.39, 0.29) is 24.1 Å². The van der Waals surface area contributed by atoms with Crippen LogP contribution in [-0.2, 0) is 19.1 Å². The van der Waals surface area contributed by atoms with Crippen molar-refractivity contribution in [2.24, 2.45) is 0 Å². The number of carbonyl (C=O) groups is 4. The fourth-order valence-corrected chi connectivity index (χ4v) is 3.17. The van der Waals surface area contributed by atoms with E-state index in [1.165, 1.54) is 24.1 Å². The molecule has 1 aromatic rings. The lowest BCUT2D eigenvalue weighted by Crippen LogP contribution is -2.44. The lowest BCUT2D eigenvalue weighted by molar-refractivity contribution is -0.146. The van der Waals surface area contributed by atoms with E-state index in [9.17, 15) is 19.2 Å². The number of rotatable bonds is 3. The molecule has 0 aliphatic carbocycles. The van der Waals surface area contributed by atoms with E-state index < -0.39 is 41.6 Å². The Morgan fingerprint density at radius 2 is 1.64 bits per heavy atom. The normalized spacial score (nSPS) is 21.7. The van der Waals surface area contributed by atoms with Crippen LogP contribution in [0.5, 0.6) is 0 Å². The van der Waals surface area contributed by atoms with E-state index in [1.807, 2.05) is 0 Å². The number of imide groups is 1. The van der Waals surface area contributed by atoms with Crippen LogP contribution in [-0.4, -0.2) is 65.2 Å². The molecule has 2 heterocycles. The number of methoxy groups -OCH3 is 1.